The number of benzene rings is 1. The number of hydrogen-bond donors (Lipinski definition) is 2. The summed E-state index contributed by atoms with van der Waals surface area (Å²) >= 11 is 0. The van der Waals surface area contributed by atoms with Crippen LogP contribution in [0.25, 0.3) is 0 Å². The second-order valence-electron chi connectivity index (χ2n) is 2.85. The third-order valence-corrected chi connectivity index (χ3v) is 1.91. The van der Waals surface area contributed by atoms with Gasteiger partial charge in [0.1, 0.15) is 5.75 Å². The van der Waals surface area contributed by atoms with Gasteiger partial charge in [-0.1, -0.05) is 12.1 Å². The van der Waals surface area contributed by atoms with Gasteiger partial charge in [0.25, 0.3) is 0 Å². The molecular formula is C10H13NO3. The van der Waals surface area contributed by atoms with Crippen molar-refractivity contribution in [1.82, 2.24) is 0 Å². The van der Waals surface area contributed by atoms with Crippen LogP contribution in [0, 0.1) is 0 Å². The largest absolute Gasteiger partial charge is 0.496 e. The lowest BCUT2D eigenvalue weighted by Crippen LogP contribution is -2.34. The lowest BCUT2D eigenvalue weighted by molar-refractivity contribution is 0.0922. The molecular weight excluding hydrogens is 182 g/mol. The SMILES string of the molecule is COc1ccccc1C(=O)C(N)CO. The van der Waals surface area contributed by atoms with E-state index in [1.54, 1.807) is 24.3 Å². The molecule has 0 saturated carbocycles. The van der Waals surface area contributed by atoms with Crippen molar-refractivity contribution in [3.63, 3.8) is 0 Å². The maximum atomic E-state index is 11.6. The Morgan fingerprint density at radius 3 is 2.79 bits per heavy atom. The summed E-state index contributed by atoms with van der Waals surface area (Å²) < 4.78 is 5.00. The molecule has 3 N–H and O–H groups in total. The number of nitrogens with two attached hydrogens (primary N) is 1. The third-order valence-electron chi connectivity index (χ3n) is 1.91. The van der Waals surface area contributed by atoms with E-state index >= 15 is 0 Å². The number of Topliss-reactive ketones (excluding diaryl/α,β-unsaturated/α-hetero) is 1. The zero-order valence-corrected chi connectivity index (χ0v) is 7.93. The fourth-order valence-corrected chi connectivity index (χ4v) is 1.13. The number of aliphatic hydroxyl groups excluding tert-OH is 1. The fraction of sp³-hybridized carbons (Fsp3) is 0.300. The molecule has 0 amide bonds. The Morgan fingerprint density at radius 1 is 1.57 bits per heavy atom. The summed E-state index contributed by atoms with van der Waals surface area (Å²) in [6, 6.07) is 5.90. The zero-order valence-electron chi connectivity index (χ0n) is 7.93. The molecule has 4 nitrogen and oxygen atoms in total. The second-order valence-corrected chi connectivity index (χ2v) is 2.85. The van der Waals surface area contributed by atoms with Crippen LogP contribution >= 0.6 is 0 Å². The van der Waals surface area contributed by atoms with Crippen molar-refractivity contribution >= 4 is 5.78 Å². The normalized spacial score (nSPS) is 12.2. The first-order valence-electron chi connectivity index (χ1n) is 4.24. The first kappa shape index (κ1) is 10.7. The van der Waals surface area contributed by atoms with Crippen molar-refractivity contribution in [2.24, 2.45) is 5.73 Å². The van der Waals surface area contributed by atoms with Crippen LogP contribution in [0.3, 0.4) is 0 Å². The molecule has 1 rings (SSSR count). The average molecular weight is 195 g/mol. The summed E-state index contributed by atoms with van der Waals surface area (Å²) in [7, 11) is 1.48. The molecule has 1 atom stereocenters. The van der Waals surface area contributed by atoms with Gasteiger partial charge < -0.3 is 15.6 Å². The molecule has 0 aliphatic carbocycles. The van der Waals surface area contributed by atoms with Crippen molar-refractivity contribution in [1.29, 1.82) is 0 Å². The van der Waals surface area contributed by atoms with E-state index in [9.17, 15) is 4.79 Å². The number of methoxy groups -OCH3 is 1. The number of carbonyl (C=O) groups excluding carboxylic acids is 1. The molecule has 1 unspecified atom stereocenters. The molecule has 1 aromatic carbocycles. The number of rotatable bonds is 4. The Kier molecular flexibility index (Phi) is 3.62. The highest BCUT2D eigenvalue weighted by atomic mass is 16.5. The van der Waals surface area contributed by atoms with Gasteiger partial charge in [0, 0.05) is 0 Å². The number of para-hydroxylation sites is 1. The van der Waals surface area contributed by atoms with Crippen LogP contribution < -0.4 is 10.5 Å². The van der Waals surface area contributed by atoms with E-state index in [1.165, 1.54) is 7.11 Å². The van der Waals surface area contributed by atoms with Crippen LogP contribution in [-0.4, -0.2) is 30.6 Å². The highest BCUT2D eigenvalue weighted by molar-refractivity contribution is 6.02. The van der Waals surface area contributed by atoms with Crippen molar-refractivity contribution in [3.05, 3.63) is 29.8 Å². The van der Waals surface area contributed by atoms with Gasteiger partial charge in [0.15, 0.2) is 5.78 Å². The standard InChI is InChI=1S/C10H13NO3/c1-14-9-5-3-2-4-7(9)10(13)8(11)6-12/h2-5,8,12H,6,11H2,1H3. The number of ether oxygens (including phenoxy) is 1. The van der Waals surface area contributed by atoms with Gasteiger partial charge in [-0.15, -0.1) is 0 Å². The summed E-state index contributed by atoms with van der Waals surface area (Å²) in [6.45, 7) is -0.364. The molecule has 14 heavy (non-hydrogen) atoms. The highest BCUT2D eigenvalue weighted by Crippen LogP contribution is 2.18. The Hall–Kier alpha value is -1.39. The van der Waals surface area contributed by atoms with E-state index in [2.05, 4.69) is 0 Å². The predicted octanol–water partition coefficient (Wildman–Crippen LogP) is 0.197. The smallest absolute Gasteiger partial charge is 0.185 e. The second kappa shape index (κ2) is 4.74. The summed E-state index contributed by atoms with van der Waals surface area (Å²) in [5.74, 6) is 0.159. The van der Waals surface area contributed by atoms with E-state index in [1.807, 2.05) is 0 Å². The molecule has 1 aromatic rings. The van der Waals surface area contributed by atoms with E-state index in [0.29, 0.717) is 11.3 Å². The number of carbonyl (C=O) groups is 1. The molecule has 0 aromatic heterocycles. The van der Waals surface area contributed by atoms with E-state index in [0.717, 1.165) is 0 Å². The van der Waals surface area contributed by atoms with Crippen LogP contribution in [0.4, 0.5) is 0 Å². The Labute approximate surface area is 82.3 Å². The molecule has 0 bridgehead atoms. The Morgan fingerprint density at radius 2 is 2.21 bits per heavy atom. The van der Waals surface area contributed by atoms with Crippen molar-refractivity contribution in [3.8, 4) is 5.75 Å². The van der Waals surface area contributed by atoms with Crippen molar-refractivity contribution in [2.75, 3.05) is 13.7 Å². The van der Waals surface area contributed by atoms with Crippen molar-refractivity contribution < 1.29 is 14.6 Å². The van der Waals surface area contributed by atoms with E-state index < -0.39 is 6.04 Å². The molecule has 0 radical (unpaired) electrons. The minimum atomic E-state index is -0.883. The molecule has 0 saturated heterocycles. The number of hydrogen-bond acceptors (Lipinski definition) is 4. The topological polar surface area (TPSA) is 72.5 Å². The van der Waals surface area contributed by atoms with Crippen LogP contribution in [-0.2, 0) is 0 Å². The molecule has 0 aliphatic rings. The van der Waals surface area contributed by atoms with Gasteiger partial charge in [-0.25, -0.2) is 0 Å². The maximum Gasteiger partial charge on any atom is 0.185 e. The Balaban J connectivity index is 3.00. The monoisotopic (exact) mass is 195 g/mol. The summed E-state index contributed by atoms with van der Waals surface area (Å²) in [5, 5.41) is 8.74. The number of aliphatic hydroxyl groups is 1. The summed E-state index contributed by atoms with van der Waals surface area (Å²) in [4.78, 5) is 11.6. The van der Waals surface area contributed by atoms with Gasteiger partial charge in [-0.05, 0) is 12.1 Å². The van der Waals surface area contributed by atoms with E-state index in [4.69, 9.17) is 15.6 Å². The molecule has 0 fully saturated rings. The minimum absolute atomic E-state index is 0.315. The van der Waals surface area contributed by atoms with Crippen LogP contribution in [0.2, 0.25) is 0 Å². The summed E-state index contributed by atoms with van der Waals surface area (Å²) in [5.41, 5.74) is 5.82. The third kappa shape index (κ3) is 2.10. The Bertz CT molecular complexity index is 325. The maximum absolute atomic E-state index is 11.6. The summed E-state index contributed by atoms with van der Waals surface area (Å²) in [6.07, 6.45) is 0. The lowest BCUT2D eigenvalue weighted by Gasteiger charge is -2.10. The van der Waals surface area contributed by atoms with Gasteiger partial charge in [-0.2, -0.15) is 0 Å². The van der Waals surface area contributed by atoms with Gasteiger partial charge >= 0.3 is 0 Å². The highest BCUT2D eigenvalue weighted by Gasteiger charge is 2.17. The quantitative estimate of drug-likeness (QED) is 0.673. The van der Waals surface area contributed by atoms with Crippen LogP contribution in [0.5, 0.6) is 5.75 Å². The average Bonchev–Trinajstić information content (AvgIpc) is 2.26. The molecule has 0 aliphatic heterocycles. The fourth-order valence-electron chi connectivity index (χ4n) is 1.13. The first-order chi connectivity index (χ1) is 6.70. The van der Waals surface area contributed by atoms with Crippen molar-refractivity contribution in [2.45, 2.75) is 6.04 Å². The minimum Gasteiger partial charge on any atom is -0.496 e. The molecule has 4 heteroatoms. The molecule has 0 heterocycles. The van der Waals surface area contributed by atoms with Gasteiger partial charge in [-0.3, -0.25) is 4.79 Å². The zero-order chi connectivity index (χ0) is 10.6. The molecule has 0 spiro atoms. The van der Waals surface area contributed by atoms with E-state index in [-0.39, 0.29) is 12.4 Å². The predicted molar refractivity (Wildman–Crippen MR) is 52.4 cm³/mol. The first-order valence-corrected chi connectivity index (χ1v) is 4.24. The molecule has 76 valence electrons. The van der Waals surface area contributed by atoms with Crippen LogP contribution in [0.1, 0.15) is 10.4 Å². The van der Waals surface area contributed by atoms with Gasteiger partial charge in [0.05, 0.1) is 25.3 Å². The number of ketones is 1. The van der Waals surface area contributed by atoms with Crippen LogP contribution in [0.15, 0.2) is 24.3 Å². The lowest BCUT2D eigenvalue weighted by atomic mass is 10.0. The van der Waals surface area contributed by atoms with Gasteiger partial charge in [0.2, 0.25) is 0 Å².